The van der Waals surface area contributed by atoms with Crippen molar-refractivity contribution in [1.29, 1.82) is 0 Å². The summed E-state index contributed by atoms with van der Waals surface area (Å²) < 4.78 is 17.1. The maximum atomic E-state index is 11.8. The summed E-state index contributed by atoms with van der Waals surface area (Å²) in [4.78, 5) is 11.8. The van der Waals surface area contributed by atoms with Crippen molar-refractivity contribution >= 4 is 14.2 Å². The molecule has 1 spiro atoms. The predicted octanol–water partition coefficient (Wildman–Crippen LogP) is 4.48. The number of alkyl carbamates (subject to hydrolysis) is 1. The van der Waals surface area contributed by atoms with Gasteiger partial charge in [-0.15, -0.1) is 11.5 Å². The van der Waals surface area contributed by atoms with E-state index in [-0.39, 0.29) is 17.3 Å². The van der Waals surface area contributed by atoms with Gasteiger partial charge in [-0.1, -0.05) is 19.6 Å². The lowest BCUT2D eigenvalue weighted by Crippen LogP contribution is -2.40. The number of hydrogen-bond donors (Lipinski definition) is 1. The molecule has 1 saturated heterocycles. The molecule has 0 bridgehead atoms. The van der Waals surface area contributed by atoms with Crippen molar-refractivity contribution in [2.24, 2.45) is 5.41 Å². The Balaban J connectivity index is 1.91. The summed E-state index contributed by atoms with van der Waals surface area (Å²) >= 11 is 0. The van der Waals surface area contributed by atoms with Crippen molar-refractivity contribution in [3.05, 3.63) is 0 Å². The van der Waals surface area contributed by atoms with Gasteiger partial charge in [-0.3, -0.25) is 0 Å². The van der Waals surface area contributed by atoms with Gasteiger partial charge in [0.2, 0.25) is 0 Å². The molecule has 2 aliphatic rings. The molecule has 154 valence electrons. The SMILES string of the molecule is CC(C)(C)OC(=O)NCCCC1(C#C[Si](C)(C)C)CCC2(CC1)OCCO2. The minimum atomic E-state index is -1.43. The van der Waals surface area contributed by atoms with E-state index in [4.69, 9.17) is 14.2 Å². The van der Waals surface area contributed by atoms with Crippen LogP contribution in [0.2, 0.25) is 19.6 Å². The van der Waals surface area contributed by atoms with Crippen molar-refractivity contribution in [3.63, 3.8) is 0 Å². The summed E-state index contributed by atoms with van der Waals surface area (Å²) in [6.07, 6.45) is 5.35. The quantitative estimate of drug-likeness (QED) is 0.433. The lowest BCUT2D eigenvalue weighted by molar-refractivity contribution is -0.187. The lowest BCUT2D eigenvalue weighted by Gasteiger charge is -2.41. The smallest absolute Gasteiger partial charge is 0.407 e. The highest BCUT2D eigenvalue weighted by Crippen LogP contribution is 2.46. The maximum Gasteiger partial charge on any atom is 0.407 e. The van der Waals surface area contributed by atoms with Crippen LogP contribution in [-0.2, 0) is 14.2 Å². The first-order chi connectivity index (χ1) is 12.4. The molecule has 0 radical (unpaired) electrons. The van der Waals surface area contributed by atoms with Gasteiger partial charge in [-0.2, -0.15) is 0 Å². The van der Waals surface area contributed by atoms with Crippen LogP contribution >= 0.6 is 0 Å². The zero-order valence-corrected chi connectivity index (χ0v) is 19.0. The van der Waals surface area contributed by atoms with E-state index < -0.39 is 13.7 Å². The Morgan fingerprint density at radius 1 is 1.11 bits per heavy atom. The third-order valence-corrected chi connectivity index (χ3v) is 5.86. The van der Waals surface area contributed by atoms with Gasteiger partial charge in [-0.25, -0.2) is 4.79 Å². The van der Waals surface area contributed by atoms with Crippen molar-refractivity contribution < 1.29 is 19.0 Å². The van der Waals surface area contributed by atoms with E-state index in [1.165, 1.54) is 0 Å². The normalized spacial score (nSPS) is 21.4. The standard InChI is InChI=1S/C21H37NO4Si/c1-19(2,3)26-18(23)22-14-7-8-20(13-17-27(4,5)6)9-11-21(12-10-20)24-15-16-25-21/h7-12,14-16H2,1-6H3,(H,22,23). The van der Waals surface area contributed by atoms with E-state index in [0.29, 0.717) is 19.8 Å². The van der Waals surface area contributed by atoms with Crippen LogP contribution in [0.3, 0.4) is 0 Å². The molecule has 1 heterocycles. The van der Waals surface area contributed by atoms with Crippen LogP contribution in [-0.4, -0.2) is 45.3 Å². The Bertz CT molecular complexity index is 564. The van der Waals surface area contributed by atoms with Crippen LogP contribution in [0.5, 0.6) is 0 Å². The molecule has 1 aliphatic carbocycles. The Kier molecular flexibility index (Phi) is 7.04. The number of hydrogen-bond acceptors (Lipinski definition) is 4. The summed E-state index contributed by atoms with van der Waals surface area (Å²) in [5.74, 6) is 3.30. The predicted molar refractivity (Wildman–Crippen MR) is 110 cm³/mol. The Morgan fingerprint density at radius 3 is 2.22 bits per heavy atom. The Labute approximate surface area is 165 Å². The molecular weight excluding hydrogens is 358 g/mol. The monoisotopic (exact) mass is 395 g/mol. The van der Waals surface area contributed by atoms with Gasteiger partial charge in [0.15, 0.2) is 5.79 Å². The van der Waals surface area contributed by atoms with Gasteiger partial charge in [0.1, 0.15) is 13.7 Å². The third-order valence-electron chi connectivity index (χ3n) is 4.99. The molecule has 0 unspecified atom stereocenters. The van der Waals surface area contributed by atoms with Crippen molar-refractivity contribution in [2.75, 3.05) is 19.8 Å². The van der Waals surface area contributed by atoms with Gasteiger partial charge in [0.05, 0.1) is 13.2 Å². The van der Waals surface area contributed by atoms with Gasteiger partial charge < -0.3 is 19.5 Å². The Hall–Kier alpha value is -1.03. The summed E-state index contributed by atoms with van der Waals surface area (Å²) in [6, 6.07) is 0. The number of carbonyl (C=O) groups is 1. The van der Waals surface area contributed by atoms with Crippen LogP contribution in [0.1, 0.15) is 59.3 Å². The van der Waals surface area contributed by atoms with E-state index in [1.807, 2.05) is 20.8 Å². The van der Waals surface area contributed by atoms with E-state index in [1.54, 1.807) is 0 Å². The molecule has 0 aromatic rings. The summed E-state index contributed by atoms with van der Waals surface area (Å²) in [5.41, 5.74) is 3.13. The second-order valence-electron chi connectivity index (χ2n) is 9.92. The fourth-order valence-electron chi connectivity index (χ4n) is 3.58. The molecule has 2 rings (SSSR count). The highest BCUT2D eigenvalue weighted by Gasteiger charge is 2.45. The number of rotatable bonds is 4. The number of carbonyl (C=O) groups excluding carboxylic acids is 1. The third kappa shape index (κ3) is 7.48. The fourth-order valence-corrected chi connectivity index (χ4v) is 4.22. The number of ether oxygens (including phenoxy) is 3. The minimum Gasteiger partial charge on any atom is -0.444 e. The van der Waals surface area contributed by atoms with Crippen LogP contribution in [0.4, 0.5) is 4.79 Å². The Morgan fingerprint density at radius 2 is 1.70 bits per heavy atom. The summed E-state index contributed by atoms with van der Waals surface area (Å²) in [7, 11) is -1.43. The molecule has 0 aromatic carbocycles. The second-order valence-corrected chi connectivity index (χ2v) is 14.7. The average Bonchev–Trinajstić information content (AvgIpc) is 2.99. The molecule has 1 saturated carbocycles. The zero-order valence-electron chi connectivity index (χ0n) is 18.0. The molecular formula is C21H37NO4Si. The van der Waals surface area contributed by atoms with Crippen LogP contribution in [0.15, 0.2) is 0 Å². The topological polar surface area (TPSA) is 56.8 Å². The highest BCUT2D eigenvalue weighted by atomic mass is 28.3. The van der Waals surface area contributed by atoms with E-state index in [0.717, 1.165) is 38.5 Å². The average molecular weight is 396 g/mol. The molecule has 1 amide bonds. The number of amides is 1. The minimum absolute atomic E-state index is 0.0104. The molecule has 1 N–H and O–H groups in total. The first kappa shape index (κ1) is 22.3. The fraction of sp³-hybridized carbons (Fsp3) is 0.857. The first-order valence-electron chi connectivity index (χ1n) is 10.2. The molecule has 0 atom stereocenters. The van der Waals surface area contributed by atoms with Crippen molar-refractivity contribution in [2.45, 2.75) is 90.3 Å². The summed E-state index contributed by atoms with van der Waals surface area (Å²) in [5, 5.41) is 2.87. The molecule has 1 aliphatic heterocycles. The largest absolute Gasteiger partial charge is 0.444 e. The lowest BCUT2D eigenvalue weighted by atomic mass is 9.70. The molecule has 27 heavy (non-hydrogen) atoms. The molecule has 2 fully saturated rings. The zero-order chi connectivity index (χ0) is 20.2. The summed E-state index contributed by atoms with van der Waals surface area (Å²) in [6.45, 7) is 14.5. The van der Waals surface area contributed by atoms with Crippen LogP contribution in [0, 0.1) is 16.9 Å². The molecule has 0 aromatic heterocycles. The van der Waals surface area contributed by atoms with Gasteiger partial charge in [0.25, 0.3) is 0 Å². The highest BCUT2D eigenvalue weighted by molar-refractivity contribution is 6.83. The van der Waals surface area contributed by atoms with Crippen LogP contribution < -0.4 is 5.32 Å². The van der Waals surface area contributed by atoms with Crippen molar-refractivity contribution in [1.82, 2.24) is 5.32 Å². The van der Waals surface area contributed by atoms with Crippen molar-refractivity contribution in [3.8, 4) is 11.5 Å². The molecule has 6 heteroatoms. The van der Waals surface area contributed by atoms with E-state index >= 15 is 0 Å². The van der Waals surface area contributed by atoms with Gasteiger partial charge in [-0.05, 0) is 46.5 Å². The van der Waals surface area contributed by atoms with Gasteiger partial charge in [0, 0.05) is 24.8 Å². The van der Waals surface area contributed by atoms with E-state index in [9.17, 15) is 4.79 Å². The van der Waals surface area contributed by atoms with E-state index in [2.05, 4.69) is 36.4 Å². The maximum absolute atomic E-state index is 11.8. The second kappa shape index (κ2) is 8.55. The molecule has 5 nitrogen and oxygen atoms in total. The number of nitrogens with one attached hydrogen (secondary N) is 1. The van der Waals surface area contributed by atoms with Crippen LogP contribution in [0.25, 0.3) is 0 Å². The van der Waals surface area contributed by atoms with Gasteiger partial charge >= 0.3 is 6.09 Å². The first-order valence-corrected chi connectivity index (χ1v) is 13.7.